The highest BCUT2D eigenvalue weighted by Gasteiger charge is 2.22. The molecule has 0 heterocycles. The molecule has 138 valence electrons. The Hall–Kier alpha value is -0.450. The van der Waals surface area contributed by atoms with Crippen LogP contribution >= 0.6 is 0 Å². The van der Waals surface area contributed by atoms with Crippen LogP contribution in [0, 0.1) is 0 Å². The summed E-state index contributed by atoms with van der Waals surface area (Å²) in [4.78, 5) is 11.5. The fourth-order valence-electron chi connectivity index (χ4n) is 2.78. The van der Waals surface area contributed by atoms with E-state index in [0.717, 1.165) is 19.3 Å². The Morgan fingerprint density at radius 1 is 0.739 bits per heavy atom. The fraction of sp³-hybridized carbons (Fsp3) is 0.947. The number of ketones is 1. The first-order chi connectivity index (χ1) is 11.1. The Morgan fingerprint density at radius 3 is 1.52 bits per heavy atom. The molecular formula is C19H38O4. The van der Waals surface area contributed by atoms with Crippen molar-refractivity contribution in [2.75, 3.05) is 6.61 Å². The van der Waals surface area contributed by atoms with Crippen molar-refractivity contribution in [3.8, 4) is 0 Å². The van der Waals surface area contributed by atoms with Crippen molar-refractivity contribution in [1.82, 2.24) is 0 Å². The molecule has 0 saturated carbocycles. The average Bonchev–Trinajstić information content (AvgIpc) is 2.57. The van der Waals surface area contributed by atoms with Gasteiger partial charge in [0, 0.05) is 6.42 Å². The summed E-state index contributed by atoms with van der Waals surface area (Å²) < 4.78 is 0. The number of Topliss-reactive ketones (excluding diaryl/α,β-unsaturated/α-hetero) is 1. The first kappa shape index (κ1) is 22.6. The molecule has 0 aliphatic rings. The Morgan fingerprint density at radius 2 is 1.13 bits per heavy atom. The van der Waals surface area contributed by atoms with Crippen LogP contribution in [0.5, 0.6) is 0 Å². The van der Waals surface area contributed by atoms with E-state index in [0.29, 0.717) is 0 Å². The molecule has 0 amide bonds. The number of hydrogen-bond donors (Lipinski definition) is 3. The quantitative estimate of drug-likeness (QED) is 0.355. The second kappa shape index (κ2) is 16.4. The zero-order valence-electron chi connectivity index (χ0n) is 15.0. The van der Waals surface area contributed by atoms with Gasteiger partial charge in [0.15, 0.2) is 5.78 Å². The summed E-state index contributed by atoms with van der Waals surface area (Å²) in [5.41, 5.74) is 0. The molecule has 0 aromatic carbocycles. The number of aliphatic hydroxyl groups is 3. The van der Waals surface area contributed by atoms with Gasteiger partial charge in [0.25, 0.3) is 0 Å². The molecule has 0 spiro atoms. The van der Waals surface area contributed by atoms with Gasteiger partial charge in [-0.05, 0) is 6.42 Å². The highest BCUT2D eigenvalue weighted by molar-refractivity contribution is 5.83. The zero-order valence-corrected chi connectivity index (χ0v) is 15.0. The zero-order chi connectivity index (χ0) is 17.3. The molecule has 0 radical (unpaired) electrons. The Labute approximate surface area is 142 Å². The van der Waals surface area contributed by atoms with E-state index in [-0.39, 0.29) is 12.2 Å². The van der Waals surface area contributed by atoms with E-state index < -0.39 is 18.8 Å². The molecular weight excluding hydrogens is 292 g/mol. The fourth-order valence-corrected chi connectivity index (χ4v) is 2.78. The summed E-state index contributed by atoms with van der Waals surface area (Å²) >= 11 is 0. The maximum atomic E-state index is 11.5. The van der Waals surface area contributed by atoms with Gasteiger partial charge < -0.3 is 15.3 Å². The lowest BCUT2D eigenvalue weighted by atomic mass is 10.0. The van der Waals surface area contributed by atoms with E-state index in [1.54, 1.807) is 0 Å². The summed E-state index contributed by atoms with van der Waals surface area (Å²) in [5, 5.41) is 27.3. The van der Waals surface area contributed by atoms with Crippen LogP contribution < -0.4 is 0 Å². The summed E-state index contributed by atoms with van der Waals surface area (Å²) in [6.45, 7) is 1.67. The normalized spacial score (nSPS) is 13.9. The smallest absolute Gasteiger partial charge is 0.164 e. The van der Waals surface area contributed by atoms with Crippen LogP contribution in [-0.2, 0) is 4.79 Å². The monoisotopic (exact) mass is 330 g/mol. The molecule has 0 bridgehead atoms. The van der Waals surface area contributed by atoms with Crippen LogP contribution in [0.15, 0.2) is 0 Å². The second-order valence-corrected chi connectivity index (χ2v) is 6.65. The van der Waals surface area contributed by atoms with Gasteiger partial charge in [-0.15, -0.1) is 0 Å². The van der Waals surface area contributed by atoms with Crippen LogP contribution in [0.2, 0.25) is 0 Å². The maximum Gasteiger partial charge on any atom is 0.164 e. The van der Waals surface area contributed by atoms with Crippen molar-refractivity contribution in [3.63, 3.8) is 0 Å². The second-order valence-electron chi connectivity index (χ2n) is 6.65. The van der Waals surface area contributed by atoms with Crippen molar-refractivity contribution in [2.45, 2.75) is 109 Å². The van der Waals surface area contributed by atoms with Gasteiger partial charge in [-0.1, -0.05) is 84.0 Å². The van der Waals surface area contributed by atoms with Crippen LogP contribution in [-0.4, -0.2) is 39.9 Å². The van der Waals surface area contributed by atoms with Crippen molar-refractivity contribution >= 4 is 5.78 Å². The Kier molecular flexibility index (Phi) is 16.1. The van der Waals surface area contributed by atoms with Gasteiger partial charge in [0.1, 0.15) is 12.2 Å². The summed E-state index contributed by atoms with van der Waals surface area (Å²) in [7, 11) is 0. The van der Waals surface area contributed by atoms with Gasteiger partial charge >= 0.3 is 0 Å². The van der Waals surface area contributed by atoms with E-state index >= 15 is 0 Å². The van der Waals surface area contributed by atoms with E-state index in [9.17, 15) is 15.0 Å². The number of rotatable bonds is 17. The highest BCUT2D eigenvalue weighted by Crippen LogP contribution is 2.13. The molecule has 0 saturated heterocycles. The number of hydrogen-bond acceptors (Lipinski definition) is 4. The summed E-state index contributed by atoms with van der Waals surface area (Å²) in [5.74, 6) is -0.366. The van der Waals surface area contributed by atoms with Gasteiger partial charge in [-0.25, -0.2) is 0 Å². The average molecular weight is 331 g/mol. The van der Waals surface area contributed by atoms with Crippen molar-refractivity contribution in [3.05, 3.63) is 0 Å². The van der Waals surface area contributed by atoms with Crippen molar-refractivity contribution in [1.29, 1.82) is 0 Å². The molecule has 0 aliphatic heterocycles. The molecule has 0 fully saturated rings. The number of carbonyl (C=O) groups is 1. The Bertz CT molecular complexity index is 268. The highest BCUT2D eigenvalue weighted by atomic mass is 16.4. The number of carbonyl (C=O) groups excluding carboxylic acids is 1. The largest absolute Gasteiger partial charge is 0.394 e. The molecule has 0 aliphatic carbocycles. The van der Waals surface area contributed by atoms with E-state index in [1.807, 2.05) is 0 Å². The van der Waals surface area contributed by atoms with Crippen molar-refractivity contribution in [2.24, 2.45) is 0 Å². The molecule has 0 aromatic heterocycles. The summed E-state index contributed by atoms with van der Waals surface area (Å²) in [6.07, 6.45) is 13.7. The predicted molar refractivity (Wildman–Crippen MR) is 94.4 cm³/mol. The lowest BCUT2D eigenvalue weighted by molar-refractivity contribution is -0.134. The molecule has 0 aromatic rings. The topological polar surface area (TPSA) is 77.8 Å². The van der Waals surface area contributed by atoms with E-state index in [2.05, 4.69) is 6.92 Å². The van der Waals surface area contributed by atoms with Gasteiger partial charge in [0.05, 0.1) is 6.61 Å². The molecule has 23 heavy (non-hydrogen) atoms. The third-order valence-electron chi connectivity index (χ3n) is 4.41. The minimum absolute atomic E-state index is 0.288. The minimum Gasteiger partial charge on any atom is -0.394 e. The minimum atomic E-state index is -1.43. The molecule has 2 atom stereocenters. The molecule has 4 nitrogen and oxygen atoms in total. The van der Waals surface area contributed by atoms with E-state index in [1.165, 1.54) is 64.2 Å². The predicted octanol–water partition coefficient (Wildman–Crippen LogP) is 3.75. The third kappa shape index (κ3) is 13.7. The van der Waals surface area contributed by atoms with Gasteiger partial charge in [0.2, 0.25) is 0 Å². The maximum absolute atomic E-state index is 11.5. The van der Waals surface area contributed by atoms with Crippen LogP contribution in [0.25, 0.3) is 0 Å². The van der Waals surface area contributed by atoms with Crippen LogP contribution in [0.3, 0.4) is 0 Å². The number of unbranched alkanes of at least 4 members (excludes halogenated alkanes) is 12. The SMILES string of the molecule is CCCCCCCCCCCCCCCC(=O)[C@H](O)[C@@H](O)CO. The molecule has 3 N–H and O–H groups in total. The first-order valence-corrected chi connectivity index (χ1v) is 9.63. The van der Waals surface area contributed by atoms with Crippen LogP contribution in [0.1, 0.15) is 96.8 Å². The lowest BCUT2D eigenvalue weighted by Crippen LogP contribution is -2.36. The standard InChI is InChI=1S/C19H38O4/c1-2-3-4-5-6-7-8-9-10-11-12-13-14-15-17(21)19(23)18(22)16-20/h18-20,22-23H,2-16H2,1H3/t18-,19-/m0/s1. The Balaban J connectivity index is 3.26. The number of aliphatic hydroxyl groups excluding tert-OH is 3. The van der Waals surface area contributed by atoms with E-state index in [4.69, 9.17) is 5.11 Å². The van der Waals surface area contributed by atoms with Crippen molar-refractivity contribution < 1.29 is 20.1 Å². The molecule has 0 unspecified atom stereocenters. The molecule has 4 heteroatoms. The molecule has 0 rings (SSSR count). The first-order valence-electron chi connectivity index (χ1n) is 9.63. The third-order valence-corrected chi connectivity index (χ3v) is 4.41. The van der Waals surface area contributed by atoms with Gasteiger partial charge in [-0.3, -0.25) is 4.79 Å². The summed E-state index contributed by atoms with van der Waals surface area (Å²) in [6, 6.07) is 0. The van der Waals surface area contributed by atoms with Crippen LogP contribution in [0.4, 0.5) is 0 Å². The van der Waals surface area contributed by atoms with Gasteiger partial charge in [-0.2, -0.15) is 0 Å². The lowest BCUT2D eigenvalue weighted by Gasteiger charge is -2.13.